The van der Waals surface area contributed by atoms with Crippen molar-refractivity contribution in [3.63, 3.8) is 0 Å². The molecule has 5 heterocycles. The Labute approximate surface area is 200 Å². The van der Waals surface area contributed by atoms with E-state index >= 15 is 0 Å². The highest BCUT2D eigenvalue weighted by atomic mass is 79.9. The Morgan fingerprint density at radius 1 is 1.41 bits per heavy atom. The molecule has 2 saturated heterocycles. The smallest absolute Gasteiger partial charge is 0.321 e. The molecular weight excluding hydrogens is 494 g/mol. The first-order chi connectivity index (χ1) is 15.3. The Kier molecular flexibility index (Phi) is 6.60. The Morgan fingerprint density at radius 2 is 2.19 bits per heavy atom. The fourth-order valence-corrected chi connectivity index (χ4v) is 5.93. The molecule has 2 fully saturated rings. The fraction of sp³-hybridized carbons (Fsp3) is 0.619. The van der Waals surface area contributed by atoms with Crippen molar-refractivity contribution in [3.8, 4) is 0 Å². The first kappa shape index (κ1) is 23.2. The quantitative estimate of drug-likeness (QED) is 0.584. The number of carbonyl (C=O) groups excluding carboxylic acids is 2. The van der Waals surface area contributed by atoms with Crippen molar-refractivity contribution in [3.05, 3.63) is 26.2 Å². The average molecular weight is 524 g/mol. The number of hydrogen-bond donors (Lipinski definition) is 2. The van der Waals surface area contributed by atoms with E-state index in [9.17, 15) is 9.59 Å². The number of aromatic nitrogens is 3. The van der Waals surface area contributed by atoms with Gasteiger partial charge in [-0.3, -0.25) is 14.8 Å². The van der Waals surface area contributed by atoms with Crippen molar-refractivity contribution < 1.29 is 9.59 Å². The topological polar surface area (TPSA) is 97.5 Å². The molecular formula is C21H30BrN7O2S. The Hall–Kier alpha value is -1.98. The number of carbonyl (C=O) groups is 2. The first-order valence-electron chi connectivity index (χ1n) is 10.9. The third-order valence-corrected chi connectivity index (χ3v) is 8.12. The van der Waals surface area contributed by atoms with Gasteiger partial charge in [-0.1, -0.05) is 0 Å². The summed E-state index contributed by atoms with van der Waals surface area (Å²) in [5.41, 5.74) is 2.29. The summed E-state index contributed by atoms with van der Waals surface area (Å²) in [6, 6.07) is 0.970. The zero-order chi connectivity index (χ0) is 23.0. The van der Waals surface area contributed by atoms with Gasteiger partial charge in [0.15, 0.2) is 16.0 Å². The van der Waals surface area contributed by atoms with E-state index < -0.39 is 0 Å². The van der Waals surface area contributed by atoms with Gasteiger partial charge in [0, 0.05) is 43.2 Å². The molecule has 174 valence electrons. The van der Waals surface area contributed by atoms with E-state index in [1.54, 1.807) is 5.38 Å². The molecule has 11 heteroatoms. The second-order valence-electron chi connectivity index (χ2n) is 9.04. The van der Waals surface area contributed by atoms with E-state index in [4.69, 9.17) is 0 Å². The minimum atomic E-state index is -0.360. The van der Waals surface area contributed by atoms with Gasteiger partial charge in [0.1, 0.15) is 5.69 Å². The van der Waals surface area contributed by atoms with Crippen LogP contribution in [0.15, 0.2) is 9.30 Å². The molecule has 3 aliphatic rings. The summed E-state index contributed by atoms with van der Waals surface area (Å²) >= 11 is 4.52. The third-order valence-electron chi connectivity index (χ3n) is 6.74. The van der Waals surface area contributed by atoms with Crippen LogP contribution in [-0.4, -0.2) is 81.0 Å². The number of amides is 2. The highest BCUT2D eigenvalue weighted by Gasteiger charge is 2.47. The van der Waals surface area contributed by atoms with Gasteiger partial charge in [-0.2, -0.15) is 5.10 Å². The predicted octanol–water partition coefficient (Wildman–Crippen LogP) is 3.51. The number of halogens is 1. The van der Waals surface area contributed by atoms with E-state index in [1.807, 2.05) is 11.9 Å². The van der Waals surface area contributed by atoms with Crippen LogP contribution in [0.5, 0.6) is 0 Å². The molecule has 0 radical (unpaired) electrons. The van der Waals surface area contributed by atoms with E-state index in [2.05, 4.69) is 67.0 Å². The predicted molar refractivity (Wildman–Crippen MR) is 128 cm³/mol. The van der Waals surface area contributed by atoms with Crippen molar-refractivity contribution >= 4 is 45.4 Å². The normalized spacial score (nSPS) is 23.9. The van der Waals surface area contributed by atoms with E-state index in [0.717, 1.165) is 40.4 Å². The lowest BCUT2D eigenvalue weighted by Crippen LogP contribution is -2.60. The standard InChI is InChI=1S/C17H28N6O.C4H2BrNOS/c1-11-8-21-7-5-6-12(21)9-22(11)16(24)23-10-13-14(17(23,2)3)19-20-15(13)18-4;5-4-6-3(1-7)2-8-4/h11-12H,5-10H2,1-4H3,(H2,18,19,20);1-2H. The summed E-state index contributed by atoms with van der Waals surface area (Å²) in [5, 5.41) is 12.3. The van der Waals surface area contributed by atoms with Crippen molar-refractivity contribution in [2.45, 2.75) is 57.8 Å². The number of nitrogens with zero attached hydrogens (tertiary/aromatic N) is 5. The van der Waals surface area contributed by atoms with Gasteiger partial charge in [-0.15, -0.1) is 11.3 Å². The van der Waals surface area contributed by atoms with E-state index in [1.165, 1.54) is 30.7 Å². The Balaban J connectivity index is 0.000000260. The molecule has 2 unspecified atom stereocenters. The molecule has 5 rings (SSSR count). The molecule has 2 N–H and O–H groups in total. The number of fused-ring (bicyclic) bond motifs is 2. The summed E-state index contributed by atoms with van der Waals surface area (Å²) in [7, 11) is 1.87. The number of nitrogens with one attached hydrogen (secondary N) is 2. The van der Waals surface area contributed by atoms with Gasteiger partial charge in [-0.05, 0) is 56.1 Å². The summed E-state index contributed by atoms with van der Waals surface area (Å²) in [6.07, 6.45) is 3.20. The zero-order valence-electron chi connectivity index (χ0n) is 18.9. The van der Waals surface area contributed by atoms with Crippen LogP contribution in [0, 0.1) is 0 Å². The molecule has 9 nitrogen and oxygen atoms in total. The first-order valence-corrected chi connectivity index (χ1v) is 12.6. The highest BCUT2D eigenvalue weighted by molar-refractivity contribution is 9.11. The van der Waals surface area contributed by atoms with Crippen molar-refractivity contribution in [2.24, 2.45) is 0 Å². The second-order valence-corrected chi connectivity index (χ2v) is 11.2. The summed E-state index contributed by atoms with van der Waals surface area (Å²) < 4.78 is 0.750. The highest BCUT2D eigenvalue weighted by Crippen LogP contribution is 2.41. The molecule has 0 aliphatic carbocycles. The van der Waals surface area contributed by atoms with Gasteiger partial charge < -0.3 is 15.1 Å². The number of H-pyrrole nitrogens is 1. The summed E-state index contributed by atoms with van der Waals surface area (Å²) in [5.74, 6) is 0.849. The largest absolute Gasteiger partial charge is 0.371 e. The molecule has 2 aromatic heterocycles. The molecule has 0 saturated carbocycles. The van der Waals surface area contributed by atoms with Crippen LogP contribution in [0.1, 0.15) is 55.4 Å². The number of piperazine rings is 1. The number of anilines is 1. The van der Waals surface area contributed by atoms with Gasteiger partial charge >= 0.3 is 6.03 Å². The Bertz CT molecular complexity index is 991. The molecule has 32 heavy (non-hydrogen) atoms. The van der Waals surface area contributed by atoms with E-state index in [0.29, 0.717) is 18.3 Å². The van der Waals surface area contributed by atoms with Crippen molar-refractivity contribution in [1.82, 2.24) is 29.9 Å². The summed E-state index contributed by atoms with van der Waals surface area (Å²) in [4.78, 5) is 33.7. The number of urea groups is 1. The zero-order valence-corrected chi connectivity index (χ0v) is 21.3. The van der Waals surface area contributed by atoms with E-state index in [-0.39, 0.29) is 17.6 Å². The van der Waals surface area contributed by atoms with Crippen LogP contribution < -0.4 is 5.32 Å². The minimum Gasteiger partial charge on any atom is -0.371 e. The third kappa shape index (κ3) is 4.17. The molecule has 2 aromatic rings. The van der Waals surface area contributed by atoms with Crippen LogP contribution in [0.3, 0.4) is 0 Å². The average Bonchev–Trinajstić information content (AvgIpc) is 3.52. The van der Waals surface area contributed by atoms with Gasteiger partial charge in [0.05, 0.1) is 17.8 Å². The van der Waals surface area contributed by atoms with Crippen LogP contribution in [-0.2, 0) is 12.1 Å². The Morgan fingerprint density at radius 3 is 2.81 bits per heavy atom. The maximum Gasteiger partial charge on any atom is 0.321 e. The van der Waals surface area contributed by atoms with Gasteiger partial charge in [0.2, 0.25) is 0 Å². The van der Waals surface area contributed by atoms with Crippen LogP contribution in [0.25, 0.3) is 0 Å². The lowest BCUT2D eigenvalue weighted by Gasteiger charge is -2.45. The summed E-state index contributed by atoms with van der Waals surface area (Å²) in [6.45, 7) is 10.0. The van der Waals surface area contributed by atoms with Crippen molar-refractivity contribution in [2.75, 3.05) is 32.0 Å². The minimum absolute atomic E-state index is 0.158. The number of aromatic amines is 1. The van der Waals surface area contributed by atoms with Crippen molar-refractivity contribution in [1.29, 1.82) is 0 Å². The SMILES string of the molecule is CNc1n[nH]c2c1CN(C(=O)N1CC3CCCN3CC1C)C2(C)C.O=Cc1csc(Br)n1. The number of aldehydes is 1. The lowest BCUT2D eigenvalue weighted by molar-refractivity contribution is 0.0454. The van der Waals surface area contributed by atoms with Crippen LogP contribution in [0.4, 0.5) is 10.6 Å². The molecule has 0 aromatic carbocycles. The van der Waals surface area contributed by atoms with Crippen LogP contribution in [0.2, 0.25) is 0 Å². The molecule has 3 aliphatic heterocycles. The number of hydrogen-bond acceptors (Lipinski definition) is 7. The lowest BCUT2D eigenvalue weighted by atomic mass is 10.0. The van der Waals surface area contributed by atoms with Gasteiger partial charge in [0.25, 0.3) is 0 Å². The second kappa shape index (κ2) is 9.11. The molecule has 0 spiro atoms. The monoisotopic (exact) mass is 523 g/mol. The molecule has 2 atom stereocenters. The fourth-order valence-electron chi connectivity index (χ4n) is 4.96. The maximum atomic E-state index is 13.4. The van der Waals surface area contributed by atoms with Crippen LogP contribution >= 0.6 is 27.3 Å². The molecule has 2 amide bonds. The maximum absolute atomic E-state index is 13.4. The van der Waals surface area contributed by atoms with Gasteiger partial charge in [-0.25, -0.2) is 9.78 Å². The number of rotatable bonds is 2. The molecule has 0 bridgehead atoms. The number of thiazole rings is 1.